The average Bonchev–Trinajstić information content (AvgIpc) is 2.37. The van der Waals surface area contributed by atoms with Crippen molar-refractivity contribution < 1.29 is 18.3 Å². The lowest BCUT2D eigenvalue weighted by atomic mass is 10.1. The monoisotopic (exact) mass is 301 g/mol. The van der Waals surface area contributed by atoms with Crippen molar-refractivity contribution in [3.05, 3.63) is 23.3 Å². The zero-order valence-corrected chi connectivity index (χ0v) is 13.3. The number of ether oxygens (including phenoxy) is 1. The molecule has 114 valence electrons. The summed E-state index contributed by atoms with van der Waals surface area (Å²) in [6.45, 7) is 7.68. The molecule has 0 radical (unpaired) electrons. The molecule has 0 aliphatic rings. The second kappa shape index (κ2) is 7.06. The molecule has 2 N–H and O–H groups in total. The van der Waals surface area contributed by atoms with Crippen LogP contribution in [-0.4, -0.2) is 32.8 Å². The summed E-state index contributed by atoms with van der Waals surface area (Å²) in [6, 6.07) is 3.34. The van der Waals surface area contributed by atoms with Crippen molar-refractivity contribution in [3.8, 4) is 5.75 Å². The third-order valence-corrected chi connectivity index (χ3v) is 4.32. The lowest BCUT2D eigenvalue weighted by Gasteiger charge is -2.15. The SMILES string of the molecule is CCCOc1cc(C)c(C)cc1S(=O)(=O)NCC(C)O. The van der Waals surface area contributed by atoms with E-state index < -0.39 is 16.1 Å². The predicted molar refractivity (Wildman–Crippen MR) is 78.6 cm³/mol. The topological polar surface area (TPSA) is 75.6 Å². The summed E-state index contributed by atoms with van der Waals surface area (Å²) in [6.07, 6.45) is 0.0596. The molecule has 0 spiro atoms. The molecular formula is C14H23NO4S. The molecule has 0 saturated heterocycles. The summed E-state index contributed by atoms with van der Waals surface area (Å²) in [4.78, 5) is 0.120. The van der Waals surface area contributed by atoms with Crippen LogP contribution >= 0.6 is 0 Å². The summed E-state index contributed by atoms with van der Waals surface area (Å²) >= 11 is 0. The van der Waals surface area contributed by atoms with E-state index in [0.29, 0.717) is 12.4 Å². The fraction of sp³-hybridized carbons (Fsp3) is 0.571. The predicted octanol–water partition coefficient (Wildman–Crippen LogP) is 1.75. The minimum Gasteiger partial charge on any atom is -0.492 e. The van der Waals surface area contributed by atoms with Crippen LogP contribution in [0.15, 0.2) is 17.0 Å². The first-order valence-electron chi connectivity index (χ1n) is 6.69. The van der Waals surface area contributed by atoms with Gasteiger partial charge in [0, 0.05) is 6.54 Å². The summed E-state index contributed by atoms with van der Waals surface area (Å²) < 4.78 is 32.5. The lowest BCUT2D eigenvalue weighted by Crippen LogP contribution is -2.31. The van der Waals surface area contributed by atoms with Gasteiger partial charge in [-0.15, -0.1) is 0 Å². The van der Waals surface area contributed by atoms with E-state index in [4.69, 9.17) is 4.74 Å². The van der Waals surface area contributed by atoms with Crippen LogP contribution in [0.2, 0.25) is 0 Å². The molecule has 0 aliphatic heterocycles. The number of benzene rings is 1. The highest BCUT2D eigenvalue weighted by Gasteiger charge is 2.21. The van der Waals surface area contributed by atoms with Gasteiger partial charge in [-0.25, -0.2) is 13.1 Å². The van der Waals surface area contributed by atoms with Crippen molar-refractivity contribution in [1.82, 2.24) is 4.72 Å². The lowest BCUT2D eigenvalue weighted by molar-refractivity contribution is 0.198. The van der Waals surface area contributed by atoms with Crippen molar-refractivity contribution in [1.29, 1.82) is 0 Å². The smallest absolute Gasteiger partial charge is 0.244 e. The summed E-state index contributed by atoms with van der Waals surface area (Å²) in [5.74, 6) is 0.355. The van der Waals surface area contributed by atoms with Gasteiger partial charge in [0.2, 0.25) is 10.0 Å². The standard InChI is InChI=1S/C14H23NO4S/c1-5-6-19-13-7-10(2)11(3)8-14(13)20(17,18)15-9-12(4)16/h7-8,12,15-16H,5-6,9H2,1-4H3. The maximum Gasteiger partial charge on any atom is 0.244 e. The Bertz CT molecular complexity index is 553. The van der Waals surface area contributed by atoms with Crippen molar-refractivity contribution in [2.75, 3.05) is 13.2 Å². The highest BCUT2D eigenvalue weighted by atomic mass is 32.2. The fourth-order valence-electron chi connectivity index (χ4n) is 1.61. The summed E-state index contributed by atoms with van der Waals surface area (Å²) in [5.41, 5.74) is 1.86. The van der Waals surface area contributed by atoms with E-state index in [0.717, 1.165) is 17.5 Å². The van der Waals surface area contributed by atoms with Crippen molar-refractivity contribution in [2.45, 2.75) is 45.1 Å². The highest BCUT2D eigenvalue weighted by molar-refractivity contribution is 7.89. The van der Waals surface area contributed by atoms with E-state index >= 15 is 0 Å². The van der Waals surface area contributed by atoms with Crippen LogP contribution in [0.3, 0.4) is 0 Å². The van der Waals surface area contributed by atoms with Crippen molar-refractivity contribution >= 4 is 10.0 Å². The first-order valence-corrected chi connectivity index (χ1v) is 8.18. The second-order valence-electron chi connectivity index (χ2n) is 4.93. The largest absolute Gasteiger partial charge is 0.492 e. The van der Waals surface area contributed by atoms with Gasteiger partial charge in [-0.2, -0.15) is 0 Å². The number of nitrogens with one attached hydrogen (secondary N) is 1. The Morgan fingerprint density at radius 1 is 1.30 bits per heavy atom. The van der Waals surface area contributed by atoms with Crippen LogP contribution < -0.4 is 9.46 Å². The van der Waals surface area contributed by atoms with E-state index in [2.05, 4.69) is 4.72 Å². The van der Waals surface area contributed by atoms with Gasteiger partial charge in [0.25, 0.3) is 0 Å². The first kappa shape index (κ1) is 16.9. The molecule has 0 aromatic heterocycles. The zero-order valence-electron chi connectivity index (χ0n) is 12.4. The van der Waals surface area contributed by atoms with Crippen molar-refractivity contribution in [3.63, 3.8) is 0 Å². The minimum absolute atomic E-state index is 0.0253. The molecule has 1 unspecified atom stereocenters. The maximum atomic E-state index is 12.3. The number of aryl methyl sites for hydroxylation is 2. The number of rotatable bonds is 7. The quantitative estimate of drug-likeness (QED) is 0.804. The molecule has 0 fully saturated rings. The molecule has 6 heteroatoms. The third-order valence-electron chi connectivity index (χ3n) is 2.88. The number of aliphatic hydroxyl groups is 1. The Balaban J connectivity index is 3.16. The molecule has 0 amide bonds. The molecule has 0 bridgehead atoms. The molecular weight excluding hydrogens is 278 g/mol. The van der Waals surface area contributed by atoms with E-state index in [1.807, 2.05) is 20.8 Å². The molecule has 0 aliphatic carbocycles. The molecule has 1 aromatic carbocycles. The summed E-state index contributed by atoms with van der Waals surface area (Å²) in [7, 11) is -3.69. The Morgan fingerprint density at radius 3 is 2.45 bits per heavy atom. The van der Waals surface area contributed by atoms with Gasteiger partial charge in [-0.3, -0.25) is 0 Å². The molecule has 1 aromatic rings. The maximum absolute atomic E-state index is 12.3. The average molecular weight is 301 g/mol. The van der Waals surface area contributed by atoms with Crippen LogP contribution in [0.1, 0.15) is 31.4 Å². The Kier molecular flexibility index (Phi) is 5.98. The van der Waals surface area contributed by atoms with E-state index in [9.17, 15) is 13.5 Å². The third kappa shape index (κ3) is 4.47. The molecule has 1 rings (SSSR count). The van der Waals surface area contributed by atoms with Gasteiger partial charge in [-0.05, 0) is 50.5 Å². The summed E-state index contributed by atoms with van der Waals surface area (Å²) in [5, 5.41) is 9.21. The molecule has 20 heavy (non-hydrogen) atoms. The Morgan fingerprint density at radius 2 is 1.90 bits per heavy atom. The van der Waals surface area contributed by atoms with Gasteiger partial charge >= 0.3 is 0 Å². The number of sulfonamides is 1. The van der Waals surface area contributed by atoms with Gasteiger partial charge < -0.3 is 9.84 Å². The Hall–Kier alpha value is -1.11. The first-order chi connectivity index (χ1) is 9.27. The van der Waals surface area contributed by atoms with Crippen LogP contribution in [0.25, 0.3) is 0 Å². The van der Waals surface area contributed by atoms with E-state index in [1.54, 1.807) is 12.1 Å². The molecule has 1 atom stereocenters. The fourth-order valence-corrected chi connectivity index (χ4v) is 2.94. The van der Waals surface area contributed by atoms with Gasteiger partial charge in [0.05, 0.1) is 12.7 Å². The van der Waals surface area contributed by atoms with Crippen LogP contribution in [0.5, 0.6) is 5.75 Å². The van der Waals surface area contributed by atoms with Gasteiger partial charge in [0.1, 0.15) is 10.6 Å². The number of hydrogen-bond donors (Lipinski definition) is 2. The van der Waals surface area contributed by atoms with Gasteiger partial charge in [0.15, 0.2) is 0 Å². The molecule has 0 saturated carbocycles. The minimum atomic E-state index is -3.69. The zero-order chi connectivity index (χ0) is 15.3. The van der Waals surface area contributed by atoms with Crippen LogP contribution in [0.4, 0.5) is 0 Å². The molecule has 0 heterocycles. The van der Waals surface area contributed by atoms with E-state index in [1.165, 1.54) is 6.92 Å². The number of hydrogen-bond acceptors (Lipinski definition) is 4. The number of aliphatic hydroxyl groups excluding tert-OH is 1. The molecule has 5 nitrogen and oxygen atoms in total. The Labute approximate surface area is 121 Å². The van der Waals surface area contributed by atoms with Crippen LogP contribution in [0, 0.1) is 13.8 Å². The van der Waals surface area contributed by atoms with Crippen molar-refractivity contribution in [2.24, 2.45) is 0 Å². The van der Waals surface area contributed by atoms with Gasteiger partial charge in [-0.1, -0.05) is 6.92 Å². The van der Waals surface area contributed by atoms with Crippen LogP contribution in [-0.2, 0) is 10.0 Å². The highest BCUT2D eigenvalue weighted by Crippen LogP contribution is 2.27. The second-order valence-corrected chi connectivity index (χ2v) is 6.67. The normalized spacial score (nSPS) is 13.2. The van der Waals surface area contributed by atoms with E-state index in [-0.39, 0.29) is 11.4 Å².